The monoisotopic (exact) mass is 409 g/mol. The van der Waals surface area contributed by atoms with Crippen LogP contribution in [0.15, 0.2) is 53.7 Å². The molecule has 0 bridgehead atoms. The third kappa shape index (κ3) is 4.79. The zero-order valence-corrected chi connectivity index (χ0v) is 18.0. The Morgan fingerprint density at radius 1 is 1.14 bits per heavy atom. The highest BCUT2D eigenvalue weighted by molar-refractivity contribution is 8.00. The van der Waals surface area contributed by atoms with Crippen molar-refractivity contribution < 1.29 is 4.79 Å². The van der Waals surface area contributed by atoms with Gasteiger partial charge in [-0.3, -0.25) is 4.79 Å². The van der Waals surface area contributed by atoms with E-state index in [1.165, 1.54) is 16.4 Å². The molecular formula is C22H27N5OS. The minimum atomic E-state index is -0.377. The highest BCUT2D eigenvalue weighted by Gasteiger charge is 2.21. The molecule has 0 aliphatic heterocycles. The second kappa shape index (κ2) is 9.13. The molecule has 7 heteroatoms. The van der Waals surface area contributed by atoms with Crippen molar-refractivity contribution in [3.63, 3.8) is 0 Å². The first-order chi connectivity index (χ1) is 13.9. The lowest BCUT2D eigenvalue weighted by Crippen LogP contribution is -2.24. The van der Waals surface area contributed by atoms with Crippen LogP contribution < -0.4 is 11.2 Å². The van der Waals surface area contributed by atoms with Gasteiger partial charge in [0.25, 0.3) is 0 Å². The summed E-state index contributed by atoms with van der Waals surface area (Å²) in [6, 6.07) is 15.9. The van der Waals surface area contributed by atoms with E-state index in [0.717, 1.165) is 28.8 Å². The van der Waals surface area contributed by atoms with Crippen LogP contribution in [0, 0.1) is 6.92 Å². The van der Waals surface area contributed by atoms with Gasteiger partial charge in [-0.25, -0.2) is 4.68 Å². The SMILES string of the molecule is CC[C@@H](C)c1ccccc1NC(=O)[C@H](C)Sc1nnc(-c2ccc(C)cc2)n1N. The van der Waals surface area contributed by atoms with Crippen LogP contribution in [-0.2, 0) is 4.79 Å². The smallest absolute Gasteiger partial charge is 0.237 e. The van der Waals surface area contributed by atoms with E-state index in [4.69, 9.17) is 5.84 Å². The number of benzene rings is 2. The summed E-state index contributed by atoms with van der Waals surface area (Å²) >= 11 is 1.29. The number of rotatable bonds is 7. The summed E-state index contributed by atoms with van der Waals surface area (Å²) in [6.45, 7) is 8.16. The van der Waals surface area contributed by atoms with Crippen LogP contribution in [0.4, 0.5) is 5.69 Å². The third-order valence-corrected chi connectivity index (χ3v) is 6.04. The van der Waals surface area contributed by atoms with Crippen molar-refractivity contribution in [2.75, 3.05) is 11.2 Å². The maximum Gasteiger partial charge on any atom is 0.237 e. The van der Waals surface area contributed by atoms with E-state index < -0.39 is 0 Å². The van der Waals surface area contributed by atoms with Crippen LogP contribution in [0.3, 0.4) is 0 Å². The summed E-state index contributed by atoms with van der Waals surface area (Å²) in [5.41, 5.74) is 4.05. The molecule has 0 saturated heterocycles. The first-order valence-corrected chi connectivity index (χ1v) is 10.6. The highest BCUT2D eigenvalue weighted by atomic mass is 32.2. The number of hydrogen-bond donors (Lipinski definition) is 2. The van der Waals surface area contributed by atoms with E-state index in [2.05, 4.69) is 35.4 Å². The van der Waals surface area contributed by atoms with Gasteiger partial charge < -0.3 is 11.2 Å². The standard InChI is InChI=1S/C22H27N5OS/c1-5-15(3)18-8-6-7-9-19(18)24-21(28)16(4)29-22-26-25-20(27(22)23)17-12-10-14(2)11-13-17/h6-13,15-16H,5,23H2,1-4H3,(H,24,28)/t15-,16+/m1/s1. The fourth-order valence-electron chi connectivity index (χ4n) is 2.96. The van der Waals surface area contributed by atoms with Crippen molar-refractivity contribution in [1.82, 2.24) is 14.9 Å². The van der Waals surface area contributed by atoms with Gasteiger partial charge in [0.2, 0.25) is 11.1 Å². The van der Waals surface area contributed by atoms with E-state index >= 15 is 0 Å². The molecule has 1 aromatic heterocycles. The molecule has 29 heavy (non-hydrogen) atoms. The number of aromatic nitrogens is 3. The molecule has 0 aliphatic carbocycles. The molecule has 6 nitrogen and oxygen atoms in total. The van der Waals surface area contributed by atoms with Gasteiger partial charge in [-0.1, -0.05) is 73.6 Å². The van der Waals surface area contributed by atoms with Crippen LogP contribution in [0.1, 0.15) is 44.2 Å². The summed E-state index contributed by atoms with van der Waals surface area (Å²) in [6.07, 6.45) is 1.01. The molecule has 1 amide bonds. The Bertz CT molecular complexity index is 983. The van der Waals surface area contributed by atoms with Gasteiger partial charge >= 0.3 is 0 Å². The number of thioether (sulfide) groups is 1. The van der Waals surface area contributed by atoms with E-state index in [0.29, 0.717) is 16.9 Å². The maximum atomic E-state index is 12.8. The molecule has 3 rings (SSSR count). The van der Waals surface area contributed by atoms with Gasteiger partial charge in [0.05, 0.1) is 5.25 Å². The molecule has 3 aromatic rings. The number of amides is 1. The molecule has 0 spiro atoms. The number of hydrogen-bond acceptors (Lipinski definition) is 5. The number of anilines is 1. The molecular weight excluding hydrogens is 382 g/mol. The van der Waals surface area contributed by atoms with E-state index in [1.54, 1.807) is 0 Å². The summed E-state index contributed by atoms with van der Waals surface area (Å²) in [5.74, 6) is 7.05. The van der Waals surface area contributed by atoms with Gasteiger partial charge in [-0.2, -0.15) is 0 Å². The molecule has 2 aromatic carbocycles. The minimum absolute atomic E-state index is 0.0920. The Kier molecular flexibility index (Phi) is 6.59. The predicted octanol–water partition coefficient (Wildman–Crippen LogP) is 4.60. The number of carbonyl (C=O) groups is 1. The number of aryl methyl sites for hydroxylation is 1. The predicted molar refractivity (Wildman–Crippen MR) is 119 cm³/mol. The van der Waals surface area contributed by atoms with Crippen LogP contribution in [-0.4, -0.2) is 26.0 Å². The van der Waals surface area contributed by atoms with E-state index in [9.17, 15) is 4.79 Å². The number of nitrogens with one attached hydrogen (secondary N) is 1. The zero-order valence-electron chi connectivity index (χ0n) is 17.2. The Morgan fingerprint density at radius 2 is 1.83 bits per heavy atom. The normalized spacial score (nSPS) is 13.1. The lowest BCUT2D eigenvalue weighted by Gasteiger charge is -2.17. The van der Waals surface area contributed by atoms with Gasteiger partial charge in [-0.15, -0.1) is 10.2 Å². The Labute approximate surface area is 175 Å². The Balaban J connectivity index is 1.72. The number of nitrogens with zero attached hydrogens (tertiary/aromatic N) is 3. The van der Waals surface area contributed by atoms with Crippen molar-refractivity contribution in [3.05, 3.63) is 59.7 Å². The van der Waals surface area contributed by atoms with Crippen molar-refractivity contribution in [2.45, 2.75) is 50.4 Å². The van der Waals surface area contributed by atoms with E-state index in [-0.39, 0.29) is 11.2 Å². The van der Waals surface area contributed by atoms with E-state index in [1.807, 2.05) is 56.3 Å². The number of nitrogens with two attached hydrogens (primary N) is 1. The average Bonchev–Trinajstić information content (AvgIpc) is 3.08. The molecule has 0 saturated carbocycles. The van der Waals surface area contributed by atoms with Crippen molar-refractivity contribution in [2.24, 2.45) is 0 Å². The Morgan fingerprint density at radius 3 is 2.52 bits per heavy atom. The fraction of sp³-hybridized carbons (Fsp3) is 0.318. The topological polar surface area (TPSA) is 85.8 Å². The third-order valence-electron chi connectivity index (χ3n) is 4.99. The summed E-state index contributed by atoms with van der Waals surface area (Å²) in [7, 11) is 0. The first kappa shape index (κ1) is 20.9. The van der Waals surface area contributed by atoms with Gasteiger partial charge in [0.1, 0.15) is 0 Å². The second-order valence-corrected chi connectivity index (χ2v) is 8.50. The minimum Gasteiger partial charge on any atom is -0.335 e. The van der Waals surface area contributed by atoms with Crippen molar-refractivity contribution in [1.29, 1.82) is 0 Å². The average molecular weight is 410 g/mol. The van der Waals surface area contributed by atoms with Crippen LogP contribution in [0.2, 0.25) is 0 Å². The number of para-hydroxylation sites is 1. The highest BCUT2D eigenvalue weighted by Crippen LogP contribution is 2.29. The van der Waals surface area contributed by atoms with Crippen LogP contribution in [0.25, 0.3) is 11.4 Å². The fourth-order valence-corrected chi connectivity index (χ4v) is 3.73. The molecule has 0 radical (unpaired) electrons. The molecule has 3 N–H and O–H groups in total. The molecule has 1 heterocycles. The van der Waals surface area contributed by atoms with Gasteiger partial charge in [0.15, 0.2) is 5.82 Å². The largest absolute Gasteiger partial charge is 0.335 e. The second-order valence-electron chi connectivity index (χ2n) is 7.19. The molecule has 2 atom stereocenters. The zero-order chi connectivity index (χ0) is 21.0. The summed E-state index contributed by atoms with van der Waals surface area (Å²) in [4.78, 5) is 12.8. The number of carbonyl (C=O) groups excluding carboxylic acids is 1. The van der Waals surface area contributed by atoms with Crippen molar-refractivity contribution >= 4 is 23.4 Å². The maximum absolute atomic E-state index is 12.8. The molecule has 152 valence electrons. The van der Waals surface area contributed by atoms with Gasteiger partial charge in [0, 0.05) is 11.3 Å². The first-order valence-electron chi connectivity index (χ1n) is 9.74. The quantitative estimate of drug-likeness (QED) is 0.440. The molecule has 0 unspecified atom stereocenters. The lowest BCUT2D eigenvalue weighted by atomic mass is 9.97. The molecule has 0 aliphatic rings. The van der Waals surface area contributed by atoms with Gasteiger partial charge in [-0.05, 0) is 37.8 Å². The van der Waals surface area contributed by atoms with Crippen LogP contribution in [0.5, 0.6) is 0 Å². The summed E-state index contributed by atoms with van der Waals surface area (Å²) in [5, 5.41) is 11.5. The lowest BCUT2D eigenvalue weighted by molar-refractivity contribution is -0.115. The van der Waals surface area contributed by atoms with Crippen LogP contribution >= 0.6 is 11.8 Å². The number of nitrogen functional groups attached to an aromatic ring is 1. The molecule has 0 fully saturated rings. The van der Waals surface area contributed by atoms with Crippen molar-refractivity contribution in [3.8, 4) is 11.4 Å². The summed E-state index contributed by atoms with van der Waals surface area (Å²) < 4.78 is 1.44. The Hall–Kier alpha value is -2.80.